The predicted molar refractivity (Wildman–Crippen MR) is 96.6 cm³/mol. The zero-order chi connectivity index (χ0) is 17.0. The van der Waals surface area contributed by atoms with Gasteiger partial charge in [-0.25, -0.2) is 13.1 Å². The molecule has 1 heterocycles. The van der Waals surface area contributed by atoms with Crippen LogP contribution in [-0.2, 0) is 10.0 Å². The monoisotopic (exact) mass is 418 g/mol. The average Bonchev–Trinajstić information content (AvgIpc) is 3.01. The molecule has 1 aromatic heterocycles. The van der Waals surface area contributed by atoms with Gasteiger partial charge in [-0.05, 0) is 59.7 Å². The summed E-state index contributed by atoms with van der Waals surface area (Å²) in [7, 11) is 1.82. The van der Waals surface area contributed by atoms with Crippen molar-refractivity contribution in [1.29, 1.82) is 0 Å². The van der Waals surface area contributed by atoms with Crippen molar-refractivity contribution in [3.05, 3.63) is 45.1 Å². The van der Waals surface area contributed by atoms with Crippen molar-refractivity contribution in [2.45, 2.75) is 10.9 Å². The molecule has 0 saturated heterocycles. The number of thiophene rings is 1. The molecule has 126 valence electrons. The Morgan fingerprint density at radius 2 is 2.09 bits per heavy atom. The van der Waals surface area contributed by atoms with Crippen molar-refractivity contribution in [1.82, 2.24) is 9.62 Å². The van der Waals surface area contributed by atoms with Crippen LogP contribution in [0.1, 0.15) is 10.9 Å². The van der Waals surface area contributed by atoms with E-state index in [0.29, 0.717) is 16.8 Å². The summed E-state index contributed by atoms with van der Waals surface area (Å²) in [6.45, 7) is 0.305. The number of rotatable bonds is 7. The van der Waals surface area contributed by atoms with Gasteiger partial charge in [-0.1, -0.05) is 6.07 Å². The third kappa shape index (κ3) is 4.54. The lowest BCUT2D eigenvalue weighted by Crippen LogP contribution is -2.34. The normalized spacial score (nSPS) is 13.3. The van der Waals surface area contributed by atoms with Gasteiger partial charge in [0.1, 0.15) is 5.75 Å². The van der Waals surface area contributed by atoms with Crippen molar-refractivity contribution < 1.29 is 13.2 Å². The fourth-order valence-corrected chi connectivity index (χ4v) is 4.78. The van der Waals surface area contributed by atoms with E-state index in [2.05, 4.69) is 20.7 Å². The third-order valence-electron chi connectivity index (χ3n) is 3.40. The molecule has 0 aliphatic heterocycles. The number of hydrogen-bond acceptors (Lipinski definition) is 5. The first kappa shape index (κ1) is 18.4. The summed E-state index contributed by atoms with van der Waals surface area (Å²) in [6, 6.07) is 8.66. The minimum atomic E-state index is -3.59. The van der Waals surface area contributed by atoms with E-state index in [1.165, 1.54) is 19.2 Å². The molecular weight excluding hydrogens is 400 g/mol. The molecule has 0 spiro atoms. The summed E-state index contributed by atoms with van der Waals surface area (Å²) in [5, 5.41) is 1.99. The number of halogens is 1. The van der Waals surface area contributed by atoms with Crippen LogP contribution in [0.5, 0.6) is 5.75 Å². The molecule has 0 aliphatic rings. The minimum Gasteiger partial charge on any atom is -0.496 e. The van der Waals surface area contributed by atoms with Gasteiger partial charge in [0.05, 0.1) is 22.5 Å². The van der Waals surface area contributed by atoms with E-state index < -0.39 is 10.0 Å². The maximum Gasteiger partial charge on any atom is 0.240 e. The van der Waals surface area contributed by atoms with Gasteiger partial charge in [0, 0.05) is 11.4 Å². The highest BCUT2D eigenvalue weighted by molar-refractivity contribution is 9.10. The lowest BCUT2D eigenvalue weighted by Gasteiger charge is -2.23. The molecule has 0 fully saturated rings. The van der Waals surface area contributed by atoms with Gasteiger partial charge in [-0.3, -0.25) is 0 Å². The van der Waals surface area contributed by atoms with Crippen molar-refractivity contribution in [2.75, 3.05) is 27.7 Å². The van der Waals surface area contributed by atoms with Gasteiger partial charge in [0.15, 0.2) is 0 Å². The Hall–Kier alpha value is -0.930. The number of nitrogens with zero attached hydrogens (tertiary/aromatic N) is 1. The predicted octanol–water partition coefficient (Wildman–Crippen LogP) is 3.10. The van der Waals surface area contributed by atoms with Gasteiger partial charge in [0.25, 0.3) is 0 Å². The lowest BCUT2D eigenvalue weighted by atomic mass is 10.2. The van der Waals surface area contributed by atoms with Crippen LogP contribution in [0.25, 0.3) is 0 Å². The quantitative estimate of drug-likeness (QED) is 0.750. The summed E-state index contributed by atoms with van der Waals surface area (Å²) in [4.78, 5) is 3.32. The molecule has 1 atom stereocenters. The number of nitrogens with one attached hydrogen (secondary N) is 1. The maximum atomic E-state index is 12.5. The van der Waals surface area contributed by atoms with Gasteiger partial charge in [-0.15, -0.1) is 11.3 Å². The number of ether oxygens (including phenoxy) is 1. The SMILES string of the molecule is COc1ccc(S(=O)(=O)NCC(c2cccs2)N(C)C)cc1Br. The Labute approximate surface area is 149 Å². The smallest absolute Gasteiger partial charge is 0.240 e. The Morgan fingerprint density at radius 3 is 2.61 bits per heavy atom. The molecule has 0 amide bonds. The number of sulfonamides is 1. The first-order valence-corrected chi connectivity index (χ1v) is 10.0. The van der Waals surface area contributed by atoms with Crippen molar-refractivity contribution >= 4 is 37.3 Å². The van der Waals surface area contributed by atoms with Crippen LogP contribution < -0.4 is 9.46 Å². The molecule has 8 heteroatoms. The molecule has 0 radical (unpaired) electrons. The Kier molecular flexibility index (Phi) is 6.21. The first-order chi connectivity index (χ1) is 10.8. The molecule has 2 aromatic rings. The zero-order valence-electron chi connectivity index (χ0n) is 13.1. The Morgan fingerprint density at radius 1 is 1.35 bits per heavy atom. The van der Waals surface area contributed by atoms with Crippen molar-refractivity contribution in [2.24, 2.45) is 0 Å². The van der Waals surface area contributed by atoms with Crippen LogP contribution in [0.15, 0.2) is 45.1 Å². The van der Waals surface area contributed by atoms with Crippen LogP contribution >= 0.6 is 27.3 Å². The second-order valence-corrected chi connectivity index (χ2v) is 8.74. The van der Waals surface area contributed by atoms with E-state index >= 15 is 0 Å². The topological polar surface area (TPSA) is 58.6 Å². The molecule has 5 nitrogen and oxygen atoms in total. The largest absolute Gasteiger partial charge is 0.496 e. The second-order valence-electron chi connectivity index (χ2n) is 5.14. The summed E-state index contributed by atoms with van der Waals surface area (Å²) in [5.41, 5.74) is 0. The summed E-state index contributed by atoms with van der Waals surface area (Å²) >= 11 is 4.92. The van der Waals surface area contributed by atoms with E-state index in [0.717, 1.165) is 4.88 Å². The number of likely N-dealkylation sites (N-methyl/N-ethyl adjacent to an activating group) is 1. The highest BCUT2D eigenvalue weighted by Gasteiger charge is 2.21. The molecule has 23 heavy (non-hydrogen) atoms. The highest BCUT2D eigenvalue weighted by atomic mass is 79.9. The summed E-state index contributed by atoms with van der Waals surface area (Å²) in [5.74, 6) is 0.591. The Bertz CT molecular complexity index is 746. The first-order valence-electron chi connectivity index (χ1n) is 6.88. The van der Waals surface area contributed by atoms with Gasteiger partial charge < -0.3 is 9.64 Å². The summed E-state index contributed by atoms with van der Waals surface area (Å²) in [6.07, 6.45) is 0. The molecule has 1 N–H and O–H groups in total. The third-order valence-corrected chi connectivity index (χ3v) is 6.41. The molecule has 2 rings (SSSR count). The lowest BCUT2D eigenvalue weighted by molar-refractivity contribution is 0.303. The van der Waals surface area contributed by atoms with Gasteiger partial charge >= 0.3 is 0 Å². The van der Waals surface area contributed by atoms with E-state index in [9.17, 15) is 8.42 Å². The van der Waals surface area contributed by atoms with E-state index in [4.69, 9.17) is 4.74 Å². The standard InChI is InChI=1S/C15H19BrN2O3S2/c1-18(2)13(15-5-4-8-22-15)10-17-23(19,20)11-6-7-14(21-3)12(16)9-11/h4-9,13,17H,10H2,1-3H3. The molecule has 0 aliphatic carbocycles. The fourth-order valence-electron chi connectivity index (χ4n) is 2.10. The Balaban J connectivity index is 2.16. The summed E-state index contributed by atoms with van der Waals surface area (Å²) < 4.78 is 33.4. The molecule has 0 saturated carbocycles. The van der Waals surface area contributed by atoms with Crippen LogP contribution in [-0.4, -0.2) is 41.1 Å². The van der Waals surface area contributed by atoms with E-state index in [1.54, 1.807) is 17.4 Å². The van der Waals surface area contributed by atoms with E-state index in [-0.39, 0.29) is 10.9 Å². The van der Waals surface area contributed by atoms with Gasteiger partial charge in [-0.2, -0.15) is 0 Å². The highest BCUT2D eigenvalue weighted by Crippen LogP contribution is 2.28. The minimum absolute atomic E-state index is 0.00790. The number of hydrogen-bond donors (Lipinski definition) is 1. The van der Waals surface area contributed by atoms with E-state index in [1.807, 2.05) is 36.5 Å². The maximum absolute atomic E-state index is 12.5. The second kappa shape index (κ2) is 7.76. The van der Waals surface area contributed by atoms with Crippen molar-refractivity contribution in [3.63, 3.8) is 0 Å². The van der Waals surface area contributed by atoms with Gasteiger partial charge in [0.2, 0.25) is 10.0 Å². The fraction of sp³-hybridized carbons (Fsp3) is 0.333. The van der Waals surface area contributed by atoms with Crippen LogP contribution in [0.3, 0.4) is 0 Å². The molecule has 1 unspecified atom stereocenters. The molecular formula is C15H19BrN2O3S2. The molecule has 1 aromatic carbocycles. The van der Waals surface area contributed by atoms with Crippen LogP contribution in [0.4, 0.5) is 0 Å². The van der Waals surface area contributed by atoms with Crippen LogP contribution in [0, 0.1) is 0 Å². The van der Waals surface area contributed by atoms with Crippen molar-refractivity contribution in [3.8, 4) is 5.75 Å². The molecule has 0 bridgehead atoms. The number of benzene rings is 1. The average molecular weight is 419 g/mol. The number of methoxy groups -OCH3 is 1. The zero-order valence-corrected chi connectivity index (χ0v) is 16.3. The van der Waals surface area contributed by atoms with Crippen LogP contribution in [0.2, 0.25) is 0 Å².